The quantitative estimate of drug-likeness (QED) is 0.944. The number of H-pyrrole nitrogens is 1. The van der Waals surface area contributed by atoms with Gasteiger partial charge >= 0.3 is 0 Å². The SMILES string of the molecule is Cc1cn[nH]c1C1CCCCN1C(=O)Cc1ccsc1. The van der Waals surface area contributed by atoms with E-state index >= 15 is 0 Å². The number of piperidine rings is 1. The second-order valence-corrected chi connectivity index (χ2v) is 6.15. The first-order chi connectivity index (χ1) is 9.75. The largest absolute Gasteiger partial charge is 0.334 e. The van der Waals surface area contributed by atoms with E-state index in [1.807, 2.05) is 22.5 Å². The number of hydrogen-bond donors (Lipinski definition) is 1. The van der Waals surface area contributed by atoms with Crippen molar-refractivity contribution >= 4 is 17.2 Å². The predicted octanol–water partition coefficient (Wildman–Crippen LogP) is 3.08. The van der Waals surface area contributed by atoms with Gasteiger partial charge in [-0.2, -0.15) is 16.4 Å². The van der Waals surface area contributed by atoms with E-state index in [4.69, 9.17) is 0 Å². The summed E-state index contributed by atoms with van der Waals surface area (Å²) in [6.45, 7) is 2.90. The zero-order chi connectivity index (χ0) is 13.9. The molecule has 1 fully saturated rings. The van der Waals surface area contributed by atoms with Crippen LogP contribution in [0.15, 0.2) is 23.0 Å². The maximum absolute atomic E-state index is 12.6. The molecule has 1 amide bonds. The van der Waals surface area contributed by atoms with Gasteiger partial charge in [-0.15, -0.1) is 0 Å². The first-order valence-electron chi connectivity index (χ1n) is 7.06. The molecule has 4 nitrogen and oxygen atoms in total. The van der Waals surface area contributed by atoms with Crippen LogP contribution in [0.1, 0.15) is 42.1 Å². The molecule has 20 heavy (non-hydrogen) atoms. The van der Waals surface area contributed by atoms with Crippen molar-refractivity contribution in [3.8, 4) is 0 Å². The number of nitrogens with one attached hydrogen (secondary N) is 1. The lowest BCUT2D eigenvalue weighted by atomic mass is 9.96. The Bertz CT molecular complexity index is 576. The van der Waals surface area contributed by atoms with Crippen molar-refractivity contribution < 1.29 is 4.79 Å². The van der Waals surface area contributed by atoms with Gasteiger partial charge in [0.2, 0.25) is 5.91 Å². The fraction of sp³-hybridized carbons (Fsp3) is 0.467. The lowest BCUT2D eigenvalue weighted by Gasteiger charge is -2.35. The predicted molar refractivity (Wildman–Crippen MR) is 79.7 cm³/mol. The van der Waals surface area contributed by atoms with Crippen LogP contribution in [-0.4, -0.2) is 27.5 Å². The Morgan fingerprint density at radius 1 is 1.55 bits per heavy atom. The minimum atomic E-state index is 0.164. The lowest BCUT2D eigenvalue weighted by Crippen LogP contribution is -2.39. The van der Waals surface area contributed by atoms with Crippen LogP contribution in [0.5, 0.6) is 0 Å². The summed E-state index contributed by atoms with van der Waals surface area (Å²) in [6.07, 6.45) is 5.64. The number of amides is 1. The number of nitrogens with zero attached hydrogens (tertiary/aromatic N) is 2. The summed E-state index contributed by atoms with van der Waals surface area (Å²) in [5, 5.41) is 11.3. The smallest absolute Gasteiger partial charge is 0.227 e. The normalized spacial score (nSPS) is 19.2. The molecule has 3 heterocycles. The molecule has 1 aliphatic heterocycles. The molecule has 0 bridgehead atoms. The molecule has 0 aromatic carbocycles. The molecule has 1 unspecified atom stereocenters. The molecule has 3 rings (SSSR count). The van der Waals surface area contributed by atoms with Crippen molar-refractivity contribution in [3.05, 3.63) is 39.8 Å². The van der Waals surface area contributed by atoms with Gasteiger partial charge < -0.3 is 4.90 Å². The standard InChI is InChI=1S/C15H19N3OS/c1-11-9-16-17-15(11)13-4-2-3-6-18(13)14(19)8-12-5-7-20-10-12/h5,7,9-10,13H,2-4,6,8H2,1H3,(H,16,17). The number of aryl methyl sites for hydroxylation is 1. The fourth-order valence-corrected chi connectivity index (χ4v) is 3.56. The van der Waals surface area contributed by atoms with E-state index in [1.54, 1.807) is 11.3 Å². The monoisotopic (exact) mass is 289 g/mol. The minimum absolute atomic E-state index is 0.164. The van der Waals surface area contributed by atoms with E-state index < -0.39 is 0 Å². The van der Waals surface area contributed by atoms with Crippen molar-refractivity contribution in [2.75, 3.05) is 6.54 Å². The third kappa shape index (κ3) is 2.63. The Labute approximate surface area is 122 Å². The summed E-state index contributed by atoms with van der Waals surface area (Å²) >= 11 is 1.64. The number of likely N-dealkylation sites (tertiary alicyclic amines) is 1. The minimum Gasteiger partial charge on any atom is -0.334 e. The van der Waals surface area contributed by atoms with E-state index in [-0.39, 0.29) is 11.9 Å². The van der Waals surface area contributed by atoms with E-state index in [0.717, 1.165) is 36.2 Å². The molecular weight excluding hydrogens is 270 g/mol. The van der Waals surface area contributed by atoms with Gasteiger partial charge in [0.15, 0.2) is 0 Å². The topological polar surface area (TPSA) is 49.0 Å². The molecule has 2 aromatic rings. The second-order valence-electron chi connectivity index (χ2n) is 5.37. The third-order valence-electron chi connectivity index (χ3n) is 3.96. The van der Waals surface area contributed by atoms with Crippen molar-refractivity contribution in [2.24, 2.45) is 0 Å². The molecule has 1 N–H and O–H groups in total. The number of hydrogen-bond acceptors (Lipinski definition) is 3. The first-order valence-corrected chi connectivity index (χ1v) is 8.00. The van der Waals surface area contributed by atoms with Crippen molar-refractivity contribution in [3.63, 3.8) is 0 Å². The average molecular weight is 289 g/mol. The highest BCUT2D eigenvalue weighted by atomic mass is 32.1. The molecular formula is C15H19N3OS. The van der Waals surface area contributed by atoms with Gasteiger partial charge in [-0.1, -0.05) is 0 Å². The number of carbonyl (C=O) groups is 1. The number of aromatic amines is 1. The van der Waals surface area contributed by atoms with Gasteiger partial charge in [0.25, 0.3) is 0 Å². The van der Waals surface area contributed by atoms with Crippen LogP contribution < -0.4 is 0 Å². The molecule has 0 spiro atoms. The van der Waals surface area contributed by atoms with Gasteiger partial charge in [-0.25, -0.2) is 0 Å². The van der Waals surface area contributed by atoms with E-state index in [1.165, 1.54) is 6.42 Å². The van der Waals surface area contributed by atoms with Gasteiger partial charge in [-0.3, -0.25) is 9.89 Å². The summed E-state index contributed by atoms with van der Waals surface area (Å²) in [6, 6.07) is 2.19. The Hall–Kier alpha value is -1.62. The Morgan fingerprint density at radius 2 is 2.45 bits per heavy atom. The van der Waals surface area contributed by atoms with Gasteiger partial charge in [0.1, 0.15) is 0 Å². The Kier molecular flexibility index (Phi) is 3.87. The highest BCUT2D eigenvalue weighted by molar-refractivity contribution is 7.07. The number of carbonyl (C=O) groups excluding carboxylic acids is 1. The second kappa shape index (κ2) is 5.79. The summed E-state index contributed by atoms with van der Waals surface area (Å²) < 4.78 is 0. The summed E-state index contributed by atoms with van der Waals surface area (Å²) in [5.41, 5.74) is 3.36. The Balaban J connectivity index is 1.78. The molecule has 0 radical (unpaired) electrons. The maximum atomic E-state index is 12.6. The molecule has 2 aromatic heterocycles. The maximum Gasteiger partial charge on any atom is 0.227 e. The van der Waals surface area contributed by atoms with Gasteiger partial charge in [0.05, 0.1) is 24.4 Å². The highest BCUT2D eigenvalue weighted by Gasteiger charge is 2.29. The summed E-state index contributed by atoms with van der Waals surface area (Å²) in [7, 11) is 0. The fourth-order valence-electron chi connectivity index (χ4n) is 2.89. The van der Waals surface area contributed by atoms with Crippen LogP contribution in [0.2, 0.25) is 0 Å². The molecule has 0 aliphatic carbocycles. The van der Waals surface area contributed by atoms with Gasteiger partial charge in [-0.05, 0) is 54.1 Å². The molecule has 106 valence electrons. The lowest BCUT2D eigenvalue weighted by molar-refractivity contribution is -0.134. The molecule has 5 heteroatoms. The number of thiophene rings is 1. The van der Waals surface area contributed by atoms with Gasteiger partial charge in [0, 0.05) is 6.54 Å². The molecule has 0 saturated carbocycles. The third-order valence-corrected chi connectivity index (χ3v) is 4.69. The number of aromatic nitrogens is 2. The first kappa shape index (κ1) is 13.4. The molecule has 1 aliphatic rings. The molecule has 1 saturated heterocycles. The number of rotatable bonds is 3. The van der Waals surface area contributed by atoms with Crippen molar-refractivity contribution in [1.82, 2.24) is 15.1 Å². The molecule has 1 atom stereocenters. The van der Waals surface area contributed by atoms with Crippen LogP contribution in [0.4, 0.5) is 0 Å². The van der Waals surface area contributed by atoms with E-state index in [9.17, 15) is 4.79 Å². The summed E-state index contributed by atoms with van der Waals surface area (Å²) in [4.78, 5) is 14.6. The zero-order valence-electron chi connectivity index (χ0n) is 11.6. The summed E-state index contributed by atoms with van der Waals surface area (Å²) in [5.74, 6) is 0.224. The highest BCUT2D eigenvalue weighted by Crippen LogP contribution is 2.31. The van der Waals surface area contributed by atoms with Crippen molar-refractivity contribution in [1.29, 1.82) is 0 Å². The van der Waals surface area contributed by atoms with Crippen molar-refractivity contribution in [2.45, 2.75) is 38.6 Å². The van der Waals surface area contributed by atoms with E-state index in [0.29, 0.717) is 6.42 Å². The van der Waals surface area contributed by atoms with E-state index in [2.05, 4.69) is 22.5 Å². The van der Waals surface area contributed by atoms with Crippen LogP contribution in [-0.2, 0) is 11.2 Å². The van der Waals surface area contributed by atoms with Crippen LogP contribution in [0, 0.1) is 6.92 Å². The zero-order valence-corrected chi connectivity index (χ0v) is 12.4. The Morgan fingerprint density at radius 3 is 3.15 bits per heavy atom. The van der Waals surface area contributed by atoms with Crippen LogP contribution in [0.25, 0.3) is 0 Å². The van der Waals surface area contributed by atoms with Crippen LogP contribution in [0.3, 0.4) is 0 Å². The van der Waals surface area contributed by atoms with Crippen LogP contribution >= 0.6 is 11.3 Å². The average Bonchev–Trinajstić information content (AvgIpc) is 3.10.